The van der Waals surface area contributed by atoms with Crippen LogP contribution in [0.4, 0.5) is 0 Å². The monoisotopic (exact) mass is 260 g/mol. The topological polar surface area (TPSA) is 92.0 Å². The maximum atomic E-state index is 12.2. The van der Waals surface area contributed by atoms with Gasteiger partial charge in [-0.05, 0) is 6.92 Å². The van der Waals surface area contributed by atoms with E-state index >= 15 is 0 Å². The maximum Gasteiger partial charge on any atom is 0.356 e. The van der Waals surface area contributed by atoms with Crippen molar-refractivity contribution >= 4 is 11.8 Å². The van der Waals surface area contributed by atoms with E-state index in [1.165, 1.54) is 7.11 Å². The molecule has 0 aliphatic rings. The molecule has 0 unspecified atom stereocenters. The summed E-state index contributed by atoms with van der Waals surface area (Å²) in [7, 11) is 1.17. The van der Waals surface area contributed by atoms with Gasteiger partial charge < -0.3 is 4.74 Å². The number of benzene rings is 1. The highest BCUT2D eigenvalue weighted by atomic mass is 16.5. The summed E-state index contributed by atoms with van der Waals surface area (Å²) in [6.45, 7) is 1.89. The molecule has 0 fully saturated rings. The van der Waals surface area contributed by atoms with E-state index in [4.69, 9.17) is 0 Å². The van der Waals surface area contributed by atoms with Crippen molar-refractivity contribution in [2.75, 3.05) is 7.11 Å². The normalized spacial score (nSPS) is 10.2. The van der Waals surface area contributed by atoms with Gasteiger partial charge in [0.15, 0.2) is 5.69 Å². The van der Waals surface area contributed by atoms with Crippen LogP contribution in [0.3, 0.4) is 0 Å². The number of esters is 1. The van der Waals surface area contributed by atoms with Crippen molar-refractivity contribution in [3.8, 4) is 0 Å². The lowest BCUT2D eigenvalue weighted by atomic mass is 10.0. The predicted octanol–water partition coefficient (Wildman–Crippen LogP) is 1.03. The third kappa shape index (κ3) is 2.33. The Bertz CT molecular complexity index is 679. The highest BCUT2D eigenvalue weighted by molar-refractivity contribution is 6.13. The second kappa shape index (κ2) is 4.93. The summed E-state index contributed by atoms with van der Waals surface area (Å²) >= 11 is 0. The van der Waals surface area contributed by atoms with Gasteiger partial charge in [-0.25, -0.2) is 4.79 Å². The second-order valence-electron chi connectivity index (χ2n) is 4.02. The first-order chi connectivity index (χ1) is 9.04. The lowest BCUT2D eigenvalue weighted by Crippen LogP contribution is -2.17. The standard InChI is InChI=1S/C13H12N2O4/c1-7-3-5-8(6-4-7)11(16)9-10(13(18)19-2)14-15-12(9)17/h3-6H,1-2H3,(H2,14,15,17). The fourth-order valence-corrected chi connectivity index (χ4v) is 1.68. The molecule has 0 radical (unpaired) electrons. The summed E-state index contributed by atoms with van der Waals surface area (Å²) in [4.78, 5) is 35.3. The Balaban J connectivity index is 2.50. The van der Waals surface area contributed by atoms with Crippen molar-refractivity contribution in [2.45, 2.75) is 6.92 Å². The fraction of sp³-hybridized carbons (Fsp3) is 0.154. The Morgan fingerprint density at radius 3 is 2.32 bits per heavy atom. The molecule has 6 heteroatoms. The van der Waals surface area contributed by atoms with Crippen LogP contribution in [-0.2, 0) is 4.74 Å². The Hall–Kier alpha value is -2.63. The van der Waals surface area contributed by atoms with Crippen LogP contribution in [0.2, 0.25) is 0 Å². The average molecular weight is 260 g/mol. The molecule has 0 saturated carbocycles. The number of H-pyrrole nitrogens is 2. The second-order valence-corrected chi connectivity index (χ2v) is 4.02. The first kappa shape index (κ1) is 12.8. The predicted molar refractivity (Wildman–Crippen MR) is 67.4 cm³/mol. The summed E-state index contributed by atoms with van der Waals surface area (Å²) in [5.74, 6) is -1.29. The van der Waals surface area contributed by atoms with Gasteiger partial charge in [-0.1, -0.05) is 29.8 Å². The minimum Gasteiger partial charge on any atom is -0.464 e. The van der Waals surface area contributed by atoms with Crippen molar-refractivity contribution in [1.29, 1.82) is 0 Å². The third-order valence-electron chi connectivity index (χ3n) is 2.71. The number of methoxy groups -OCH3 is 1. The summed E-state index contributed by atoms with van der Waals surface area (Å²) in [5.41, 5.74) is 0.272. The fourth-order valence-electron chi connectivity index (χ4n) is 1.68. The zero-order valence-electron chi connectivity index (χ0n) is 10.4. The molecule has 0 saturated heterocycles. The molecule has 1 heterocycles. The number of nitrogens with one attached hydrogen (secondary N) is 2. The van der Waals surface area contributed by atoms with Crippen molar-refractivity contribution < 1.29 is 14.3 Å². The lowest BCUT2D eigenvalue weighted by Gasteiger charge is -2.01. The van der Waals surface area contributed by atoms with Crippen LogP contribution in [0, 0.1) is 6.92 Å². The van der Waals surface area contributed by atoms with Crippen LogP contribution >= 0.6 is 0 Å². The zero-order chi connectivity index (χ0) is 14.0. The van der Waals surface area contributed by atoms with Gasteiger partial charge in [0.1, 0.15) is 5.56 Å². The van der Waals surface area contributed by atoms with Crippen molar-refractivity contribution in [1.82, 2.24) is 10.2 Å². The van der Waals surface area contributed by atoms with Crippen LogP contribution in [0.15, 0.2) is 29.1 Å². The largest absolute Gasteiger partial charge is 0.464 e. The van der Waals surface area contributed by atoms with Crippen LogP contribution in [0.1, 0.15) is 32.0 Å². The number of hydrogen-bond donors (Lipinski definition) is 2. The van der Waals surface area contributed by atoms with Crippen LogP contribution in [0.25, 0.3) is 0 Å². The molecule has 0 atom stereocenters. The van der Waals surface area contributed by atoms with Gasteiger partial charge in [0.05, 0.1) is 7.11 Å². The van der Waals surface area contributed by atoms with Crippen molar-refractivity contribution in [3.05, 3.63) is 57.0 Å². The number of rotatable bonds is 3. The van der Waals surface area contributed by atoms with E-state index in [0.717, 1.165) is 5.56 Å². The summed E-state index contributed by atoms with van der Waals surface area (Å²) < 4.78 is 4.51. The molecule has 0 bridgehead atoms. The Morgan fingerprint density at radius 1 is 1.11 bits per heavy atom. The first-order valence-corrected chi connectivity index (χ1v) is 5.55. The maximum absolute atomic E-state index is 12.2. The average Bonchev–Trinajstić information content (AvgIpc) is 2.80. The zero-order valence-corrected chi connectivity index (χ0v) is 10.4. The van der Waals surface area contributed by atoms with Gasteiger partial charge in [0.2, 0.25) is 5.78 Å². The minimum atomic E-state index is -0.770. The van der Waals surface area contributed by atoms with E-state index in [1.54, 1.807) is 24.3 Å². The molecule has 2 aromatic rings. The van der Waals surface area contributed by atoms with Crippen molar-refractivity contribution in [2.24, 2.45) is 0 Å². The van der Waals surface area contributed by atoms with Gasteiger partial charge in [0.25, 0.3) is 5.56 Å². The molecule has 0 amide bonds. The summed E-state index contributed by atoms with van der Waals surface area (Å²) in [5, 5.41) is 4.57. The minimum absolute atomic E-state index is 0.168. The molecular formula is C13H12N2O4. The number of hydrogen-bond acceptors (Lipinski definition) is 4. The summed E-state index contributed by atoms with van der Waals surface area (Å²) in [6.07, 6.45) is 0. The van der Waals surface area contributed by atoms with Crippen molar-refractivity contribution in [3.63, 3.8) is 0 Å². The molecule has 1 aromatic carbocycles. The molecule has 6 nitrogen and oxygen atoms in total. The molecule has 0 aliphatic carbocycles. The van der Waals surface area contributed by atoms with Gasteiger partial charge in [-0.2, -0.15) is 0 Å². The highest BCUT2D eigenvalue weighted by Gasteiger charge is 2.24. The van der Waals surface area contributed by atoms with E-state index in [1.807, 2.05) is 6.92 Å². The lowest BCUT2D eigenvalue weighted by molar-refractivity contribution is 0.0591. The smallest absolute Gasteiger partial charge is 0.356 e. The molecule has 98 valence electrons. The van der Waals surface area contributed by atoms with E-state index in [2.05, 4.69) is 14.9 Å². The molecule has 0 aliphatic heterocycles. The van der Waals surface area contributed by atoms with E-state index in [0.29, 0.717) is 5.56 Å². The van der Waals surface area contributed by atoms with Crippen LogP contribution in [0.5, 0.6) is 0 Å². The Labute approximate surface area is 108 Å². The van der Waals surface area contributed by atoms with E-state index in [9.17, 15) is 14.4 Å². The van der Waals surface area contributed by atoms with Gasteiger partial charge >= 0.3 is 5.97 Å². The molecule has 2 N–H and O–H groups in total. The molecular weight excluding hydrogens is 248 g/mol. The number of aryl methyl sites for hydroxylation is 1. The number of ketones is 1. The third-order valence-corrected chi connectivity index (χ3v) is 2.71. The van der Waals surface area contributed by atoms with Gasteiger partial charge in [-0.3, -0.25) is 19.8 Å². The number of aromatic nitrogens is 2. The van der Waals surface area contributed by atoms with E-state index < -0.39 is 17.3 Å². The number of carbonyl (C=O) groups excluding carboxylic acids is 2. The Kier molecular flexibility index (Phi) is 3.33. The van der Waals surface area contributed by atoms with E-state index in [-0.39, 0.29) is 11.3 Å². The first-order valence-electron chi connectivity index (χ1n) is 5.55. The molecule has 0 spiro atoms. The number of aromatic amines is 2. The summed E-state index contributed by atoms with van der Waals surface area (Å²) in [6, 6.07) is 6.72. The molecule has 1 aromatic heterocycles. The molecule has 19 heavy (non-hydrogen) atoms. The SMILES string of the molecule is COC(=O)c1[nH][nH]c(=O)c1C(=O)c1ccc(C)cc1. The Morgan fingerprint density at radius 2 is 1.74 bits per heavy atom. The van der Waals surface area contributed by atoms with Crippen LogP contribution < -0.4 is 5.56 Å². The molecule has 2 rings (SSSR count). The van der Waals surface area contributed by atoms with Gasteiger partial charge in [-0.15, -0.1) is 0 Å². The number of carbonyl (C=O) groups is 2. The van der Waals surface area contributed by atoms with Crippen LogP contribution in [-0.4, -0.2) is 29.1 Å². The quantitative estimate of drug-likeness (QED) is 0.636. The van der Waals surface area contributed by atoms with Gasteiger partial charge in [0, 0.05) is 5.56 Å². The highest BCUT2D eigenvalue weighted by Crippen LogP contribution is 2.11. The number of ether oxygens (including phenoxy) is 1.